The first-order valence-electron chi connectivity index (χ1n) is 6.23. The quantitative estimate of drug-likeness (QED) is 0.753. The molecule has 0 radical (unpaired) electrons. The van der Waals surface area contributed by atoms with E-state index in [9.17, 15) is 21.6 Å². The van der Waals surface area contributed by atoms with Gasteiger partial charge in [-0.25, -0.2) is 0 Å². The van der Waals surface area contributed by atoms with E-state index in [4.69, 9.17) is 0 Å². The summed E-state index contributed by atoms with van der Waals surface area (Å²) in [5.41, 5.74) is -1.50. The zero-order valence-corrected chi connectivity index (χ0v) is 12.6. The van der Waals surface area contributed by atoms with Crippen LogP contribution in [0.2, 0.25) is 0 Å². The van der Waals surface area contributed by atoms with E-state index in [2.05, 4.69) is 5.32 Å². The topological polar surface area (TPSA) is 61.4 Å². The molecular formula is C12H18F3N3O2S. The SMILES string of the molecule is CNCCCN(C)S(=O)(=O)Nc1ccccc1C(F)(F)F. The minimum absolute atomic E-state index is 0.199. The van der Waals surface area contributed by atoms with Crippen molar-refractivity contribution < 1.29 is 21.6 Å². The molecule has 0 bridgehead atoms. The molecule has 0 fully saturated rings. The Morgan fingerprint density at radius 3 is 2.43 bits per heavy atom. The van der Waals surface area contributed by atoms with Crippen LogP contribution in [0.25, 0.3) is 0 Å². The third-order valence-corrected chi connectivity index (χ3v) is 4.26. The van der Waals surface area contributed by atoms with Gasteiger partial charge >= 0.3 is 16.4 Å². The first-order chi connectivity index (χ1) is 9.68. The van der Waals surface area contributed by atoms with Gasteiger partial charge in [0.1, 0.15) is 0 Å². The van der Waals surface area contributed by atoms with Crippen LogP contribution in [-0.2, 0) is 16.4 Å². The molecule has 1 aromatic carbocycles. The number of hydrogen-bond acceptors (Lipinski definition) is 3. The van der Waals surface area contributed by atoms with Gasteiger partial charge < -0.3 is 5.32 Å². The molecular weight excluding hydrogens is 307 g/mol. The summed E-state index contributed by atoms with van der Waals surface area (Å²) in [6.07, 6.45) is -4.07. The molecule has 0 heterocycles. The number of nitrogens with one attached hydrogen (secondary N) is 2. The van der Waals surface area contributed by atoms with Gasteiger partial charge in [-0.2, -0.15) is 25.9 Å². The van der Waals surface area contributed by atoms with E-state index in [1.807, 2.05) is 4.72 Å². The molecule has 0 atom stereocenters. The molecule has 0 saturated carbocycles. The zero-order valence-electron chi connectivity index (χ0n) is 11.7. The molecule has 21 heavy (non-hydrogen) atoms. The van der Waals surface area contributed by atoms with Crippen LogP contribution < -0.4 is 10.0 Å². The average Bonchev–Trinajstić information content (AvgIpc) is 2.37. The maximum absolute atomic E-state index is 12.8. The van der Waals surface area contributed by atoms with Gasteiger partial charge in [-0.05, 0) is 32.1 Å². The molecule has 1 aromatic rings. The van der Waals surface area contributed by atoms with Crippen molar-refractivity contribution in [3.63, 3.8) is 0 Å². The predicted octanol–water partition coefficient (Wildman–Crippen LogP) is 1.90. The van der Waals surface area contributed by atoms with Crippen molar-refractivity contribution in [1.29, 1.82) is 0 Å². The number of alkyl halides is 3. The summed E-state index contributed by atoms with van der Waals surface area (Å²) in [6.45, 7) is 0.809. The lowest BCUT2D eigenvalue weighted by molar-refractivity contribution is -0.136. The van der Waals surface area contributed by atoms with Crippen molar-refractivity contribution in [2.75, 3.05) is 31.9 Å². The van der Waals surface area contributed by atoms with Crippen LogP contribution in [0.1, 0.15) is 12.0 Å². The van der Waals surface area contributed by atoms with Crippen LogP contribution in [0.15, 0.2) is 24.3 Å². The van der Waals surface area contributed by atoms with Crippen molar-refractivity contribution >= 4 is 15.9 Å². The Morgan fingerprint density at radius 1 is 1.24 bits per heavy atom. The highest BCUT2D eigenvalue weighted by atomic mass is 32.2. The number of para-hydroxylation sites is 1. The lowest BCUT2D eigenvalue weighted by Gasteiger charge is -2.20. The van der Waals surface area contributed by atoms with Crippen molar-refractivity contribution in [3.8, 4) is 0 Å². The fraction of sp³-hybridized carbons (Fsp3) is 0.500. The van der Waals surface area contributed by atoms with E-state index < -0.39 is 27.6 Å². The average molecular weight is 325 g/mol. The summed E-state index contributed by atoms with van der Waals surface area (Å²) in [5.74, 6) is 0. The normalized spacial score (nSPS) is 12.7. The second-order valence-electron chi connectivity index (χ2n) is 4.43. The Bertz CT molecular complexity index is 561. The number of benzene rings is 1. The Kier molecular flexibility index (Phi) is 5.99. The molecule has 5 nitrogen and oxygen atoms in total. The van der Waals surface area contributed by atoms with Crippen molar-refractivity contribution in [3.05, 3.63) is 29.8 Å². The molecule has 0 aromatic heterocycles. The molecule has 1 rings (SSSR count). The molecule has 0 aliphatic heterocycles. The minimum atomic E-state index is -4.62. The summed E-state index contributed by atoms with van der Waals surface area (Å²) in [5, 5.41) is 2.86. The van der Waals surface area contributed by atoms with Gasteiger partial charge in [-0.3, -0.25) is 4.72 Å². The summed E-state index contributed by atoms with van der Waals surface area (Å²) in [6, 6.07) is 4.46. The highest BCUT2D eigenvalue weighted by molar-refractivity contribution is 7.90. The van der Waals surface area contributed by atoms with E-state index in [0.29, 0.717) is 13.0 Å². The van der Waals surface area contributed by atoms with Crippen LogP contribution in [0, 0.1) is 0 Å². The van der Waals surface area contributed by atoms with Crippen LogP contribution in [0.5, 0.6) is 0 Å². The first kappa shape index (κ1) is 17.7. The second kappa shape index (κ2) is 7.10. The van der Waals surface area contributed by atoms with E-state index in [0.717, 1.165) is 16.4 Å². The summed E-state index contributed by atoms with van der Waals surface area (Å²) >= 11 is 0. The van der Waals surface area contributed by atoms with Crippen LogP contribution in [0.3, 0.4) is 0 Å². The van der Waals surface area contributed by atoms with Gasteiger partial charge in [0.2, 0.25) is 0 Å². The van der Waals surface area contributed by atoms with Gasteiger partial charge in [-0.15, -0.1) is 0 Å². The smallest absolute Gasteiger partial charge is 0.320 e. The Hall–Kier alpha value is -1.32. The fourth-order valence-electron chi connectivity index (χ4n) is 1.63. The van der Waals surface area contributed by atoms with E-state index >= 15 is 0 Å². The predicted molar refractivity (Wildman–Crippen MR) is 75.2 cm³/mol. The maximum atomic E-state index is 12.8. The Morgan fingerprint density at radius 2 is 1.86 bits per heavy atom. The number of nitrogens with zero attached hydrogens (tertiary/aromatic N) is 1. The van der Waals surface area contributed by atoms with Gasteiger partial charge in [0, 0.05) is 13.6 Å². The fourth-order valence-corrected chi connectivity index (χ4v) is 2.62. The number of rotatable bonds is 7. The lowest BCUT2D eigenvalue weighted by Crippen LogP contribution is -2.34. The summed E-state index contributed by atoms with van der Waals surface area (Å²) in [4.78, 5) is 0. The van der Waals surface area contributed by atoms with Crippen LogP contribution in [0.4, 0.5) is 18.9 Å². The zero-order chi connectivity index (χ0) is 16.1. The summed E-state index contributed by atoms with van der Waals surface area (Å²) < 4.78 is 65.4. The molecule has 0 saturated heterocycles. The summed E-state index contributed by atoms with van der Waals surface area (Å²) in [7, 11) is -0.979. The van der Waals surface area contributed by atoms with Crippen molar-refractivity contribution in [1.82, 2.24) is 9.62 Å². The second-order valence-corrected chi connectivity index (χ2v) is 6.21. The highest BCUT2D eigenvalue weighted by Crippen LogP contribution is 2.35. The van der Waals surface area contributed by atoms with Gasteiger partial charge in [0.05, 0.1) is 11.3 Å². The van der Waals surface area contributed by atoms with Gasteiger partial charge in [-0.1, -0.05) is 12.1 Å². The number of halogens is 3. The molecule has 9 heteroatoms. The Labute approximate surface area is 122 Å². The maximum Gasteiger partial charge on any atom is 0.418 e. The molecule has 0 aliphatic carbocycles. The van der Waals surface area contributed by atoms with Crippen LogP contribution >= 0.6 is 0 Å². The molecule has 0 aliphatic rings. The standard InChI is InChI=1S/C12H18F3N3O2S/c1-16-8-5-9-18(2)21(19,20)17-11-7-4-3-6-10(11)12(13,14)15/h3-4,6-7,16-17H,5,8-9H2,1-2H3. The first-order valence-corrected chi connectivity index (χ1v) is 7.67. The third-order valence-electron chi connectivity index (χ3n) is 2.78. The molecule has 120 valence electrons. The number of hydrogen-bond donors (Lipinski definition) is 2. The monoisotopic (exact) mass is 325 g/mol. The molecule has 0 amide bonds. The number of anilines is 1. The van der Waals surface area contributed by atoms with Gasteiger partial charge in [0.15, 0.2) is 0 Å². The highest BCUT2D eigenvalue weighted by Gasteiger charge is 2.34. The van der Waals surface area contributed by atoms with E-state index in [1.54, 1.807) is 7.05 Å². The minimum Gasteiger partial charge on any atom is -0.320 e. The third kappa shape index (κ3) is 5.18. The van der Waals surface area contributed by atoms with Crippen LogP contribution in [-0.4, -0.2) is 39.9 Å². The van der Waals surface area contributed by atoms with Crippen molar-refractivity contribution in [2.45, 2.75) is 12.6 Å². The van der Waals surface area contributed by atoms with E-state index in [1.165, 1.54) is 19.2 Å². The Balaban J connectivity index is 2.90. The van der Waals surface area contributed by atoms with Crippen molar-refractivity contribution in [2.24, 2.45) is 0 Å². The molecule has 2 N–H and O–H groups in total. The van der Waals surface area contributed by atoms with Gasteiger partial charge in [0.25, 0.3) is 0 Å². The lowest BCUT2D eigenvalue weighted by atomic mass is 10.2. The van der Waals surface area contributed by atoms with E-state index in [-0.39, 0.29) is 6.54 Å². The molecule has 0 spiro atoms. The largest absolute Gasteiger partial charge is 0.418 e. The molecule has 0 unspecified atom stereocenters.